The number of hydrogen-bond acceptors (Lipinski definition) is 4. The van der Waals surface area contributed by atoms with Crippen molar-refractivity contribution in [1.82, 2.24) is 9.62 Å². The van der Waals surface area contributed by atoms with Crippen LogP contribution >= 0.6 is 11.9 Å². The van der Waals surface area contributed by atoms with E-state index in [0.29, 0.717) is 11.3 Å². The van der Waals surface area contributed by atoms with E-state index >= 15 is 0 Å². The van der Waals surface area contributed by atoms with Crippen LogP contribution in [0.3, 0.4) is 0 Å². The highest BCUT2D eigenvalue weighted by Gasteiger charge is 2.15. The Balaban J connectivity index is 1.93. The molecule has 0 saturated carbocycles. The molecule has 2 rings (SSSR count). The van der Waals surface area contributed by atoms with Crippen molar-refractivity contribution in [3.05, 3.63) is 60.2 Å². The largest absolute Gasteiger partial charge is 0.497 e. The number of benzene rings is 2. The summed E-state index contributed by atoms with van der Waals surface area (Å²) < 4.78 is 6.40. The van der Waals surface area contributed by atoms with Gasteiger partial charge in [-0.15, -0.1) is 0 Å². The molecule has 0 saturated heterocycles. The summed E-state index contributed by atoms with van der Waals surface area (Å²) in [4.78, 5) is 24.9. The number of nitrogens with one attached hydrogen (secondary N) is 1. The molecule has 1 N–H and O–H groups in total. The zero-order valence-electron chi connectivity index (χ0n) is 12.3. The minimum atomic E-state index is -0.477. The van der Waals surface area contributed by atoms with E-state index in [9.17, 15) is 9.59 Å². The van der Waals surface area contributed by atoms with E-state index in [1.807, 2.05) is 30.3 Å². The Labute approximate surface area is 133 Å². The molecule has 0 radical (unpaired) electrons. The van der Waals surface area contributed by atoms with Crippen molar-refractivity contribution in [2.45, 2.75) is 4.90 Å². The Bertz CT molecular complexity index is 644. The van der Waals surface area contributed by atoms with Crippen molar-refractivity contribution in [2.24, 2.45) is 0 Å². The lowest BCUT2D eigenvalue weighted by Crippen LogP contribution is -2.37. The minimum Gasteiger partial charge on any atom is -0.497 e. The molecule has 0 aliphatic heterocycles. The second-order valence-electron chi connectivity index (χ2n) is 4.39. The van der Waals surface area contributed by atoms with Crippen LogP contribution in [-0.4, -0.2) is 30.4 Å². The van der Waals surface area contributed by atoms with Gasteiger partial charge in [-0.2, -0.15) is 0 Å². The SMILES string of the molecule is COc1ccc(C(=O)NC(=O)N(C)Sc2ccccc2)cc1. The molecule has 5 nitrogen and oxygen atoms in total. The molecule has 0 bridgehead atoms. The number of ether oxygens (including phenoxy) is 1. The Kier molecular flexibility index (Phi) is 5.43. The summed E-state index contributed by atoms with van der Waals surface area (Å²) in [7, 11) is 3.16. The van der Waals surface area contributed by atoms with Crippen LogP contribution in [0.4, 0.5) is 4.79 Å². The molecule has 22 heavy (non-hydrogen) atoms. The fourth-order valence-electron chi connectivity index (χ4n) is 1.67. The molecule has 6 heteroatoms. The van der Waals surface area contributed by atoms with Gasteiger partial charge in [0.25, 0.3) is 5.91 Å². The first-order valence-electron chi connectivity index (χ1n) is 6.56. The molecule has 0 atom stereocenters. The number of rotatable bonds is 4. The van der Waals surface area contributed by atoms with Crippen molar-refractivity contribution < 1.29 is 14.3 Å². The fraction of sp³-hybridized carbons (Fsp3) is 0.125. The van der Waals surface area contributed by atoms with Crippen molar-refractivity contribution in [2.75, 3.05) is 14.2 Å². The number of carbonyl (C=O) groups is 2. The first-order valence-corrected chi connectivity index (χ1v) is 7.33. The highest BCUT2D eigenvalue weighted by Crippen LogP contribution is 2.20. The van der Waals surface area contributed by atoms with Crippen molar-refractivity contribution in [3.8, 4) is 5.75 Å². The van der Waals surface area contributed by atoms with Gasteiger partial charge in [-0.1, -0.05) is 18.2 Å². The second-order valence-corrected chi connectivity index (χ2v) is 5.59. The Hall–Kier alpha value is -2.47. The molecular weight excluding hydrogens is 300 g/mol. The van der Waals surface area contributed by atoms with Gasteiger partial charge in [0.15, 0.2) is 0 Å². The predicted molar refractivity (Wildman–Crippen MR) is 85.9 cm³/mol. The molecule has 0 aliphatic rings. The number of amides is 3. The lowest BCUT2D eigenvalue weighted by molar-refractivity contribution is 0.0961. The van der Waals surface area contributed by atoms with E-state index in [1.54, 1.807) is 38.4 Å². The lowest BCUT2D eigenvalue weighted by atomic mass is 10.2. The third kappa shape index (κ3) is 4.26. The minimum absolute atomic E-state index is 0.396. The number of carbonyl (C=O) groups excluding carboxylic acids is 2. The van der Waals surface area contributed by atoms with Crippen LogP contribution < -0.4 is 10.1 Å². The van der Waals surface area contributed by atoms with Crippen LogP contribution in [0.5, 0.6) is 5.75 Å². The van der Waals surface area contributed by atoms with Crippen LogP contribution in [0.15, 0.2) is 59.5 Å². The normalized spacial score (nSPS) is 9.91. The molecule has 2 aromatic carbocycles. The predicted octanol–water partition coefficient (Wildman–Crippen LogP) is 3.18. The van der Waals surface area contributed by atoms with Crippen molar-refractivity contribution in [3.63, 3.8) is 0 Å². The van der Waals surface area contributed by atoms with E-state index in [0.717, 1.165) is 4.90 Å². The van der Waals surface area contributed by atoms with Gasteiger partial charge in [0.1, 0.15) is 5.75 Å². The molecule has 114 valence electrons. The summed E-state index contributed by atoms with van der Waals surface area (Å²) in [5.41, 5.74) is 0.396. The van der Waals surface area contributed by atoms with Crippen LogP contribution in [0.25, 0.3) is 0 Å². The van der Waals surface area contributed by atoms with Crippen LogP contribution in [-0.2, 0) is 0 Å². The summed E-state index contributed by atoms with van der Waals surface area (Å²) in [6.07, 6.45) is 0. The van der Waals surface area contributed by atoms with Gasteiger partial charge in [0, 0.05) is 17.5 Å². The van der Waals surface area contributed by atoms with Gasteiger partial charge in [-0.05, 0) is 48.3 Å². The number of urea groups is 1. The molecule has 0 fully saturated rings. The number of nitrogens with zero attached hydrogens (tertiary/aromatic N) is 1. The second kappa shape index (κ2) is 7.51. The van der Waals surface area contributed by atoms with Crippen LogP contribution in [0.2, 0.25) is 0 Å². The average molecular weight is 316 g/mol. The maximum atomic E-state index is 12.0. The summed E-state index contributed by atoms with van der Waals surface area (Å²) >= 11 is 1.24. The van der Waals surface area contributed by atoms with Crippen LogP contribution in [0, 0.1) is 0 Å². The molecule has 2 aromatic rings. The van der Waals surface area contributed by atoms with Gasteiger partial charge in [0.2, 0.25) is 0 Å². The van der Waals surface area contributed by atoms with Gasteiger partial charge >= 0.3 is 6.03 Å². The topological polar surface area (TPSA) is 58.6 Å². The maximum absolute atomic E-state index is 12.0. The molecule has 0 spiro atoms. The first kappa shape index (κ1) is 15.9. The molecule has 0 aliphatic carbocycles. The summed E-state index contributed by atoms with van der Waals surface area (Å²) in [6, 6.07) is 15.5. The zero-order valence-corrected chi connectivity index (χ0v) is 13.1. The van der Waals surface area contributed by atoms with E-state index in [2.05, 4.69) is 5.32 Å². The average Bonchev–Trinajstić information content (AvgIpc) is 2.55. The standard InChI is InChI=1S/C16H16N2O3S/c1-18(22-14-6-4-3-5-7-14)16(20)17-15(19)12-8-10-13(21-2)11-9-12/h3-11H,1-2H3,(H,17,19,20). The smallest absolute Gasteiger partial charge is 0.334 e. The molecule has 3 amide bonds. The first-order chi connectivity index (χ1) is 10.6. The Morgan fingerprint density at radius 1 is 1.05 bits per heavy atom. The van der Waals surface area contributed by atoms with E-state index < -0.39 is 11.9 Å². The summed E-state index contributed by atoms with van der Waals surface area (Å²) in [6.45, 7) is 0. The Morgan fingerprint density at radius 2 is 1.68 bits per heavy atom. The van der Waals surface area contributed by atoms with Gasteiger partial charge in [-0.3, -0.25) is 14.4 Å². The number of imide groups is 1. The maximum Gasteiger partial charge on any atom is 0.334 e. The summed E-state index contributed by atoms with van der Waals surface area (Å²) in [5.74, 6) is 0.202. The quantitative estimate of drug-likeness (QED) is 0.880. The molecule has 0 heterocycles. The number of hydrogen-bond donors (Lipinski definition) is 1. The number of methoxy groups -OCH3 is 1. The van der Waals surface area contributed by atoms with Crippen molar-refractivity contribution in [1.29, 1.82) is 0 Å². The van der Waals surface area contributed by atoms with Crippen molar-refractivity contribution >= 4 is 23.9 Å². The summed E-state index contributed by atoms with van der Waals surface area (Å²) in [5, 5.41) is 2.34. The molecule has 0 unspecified atom stereocenters. The third-order valence-corrected chi connectivity index (χ3v) is 3.77. The Morgan fingerprint density at radius 3 is 2.27 bits per heavy atom. The highest BCUT2D eigenvalue weighted by molar-refractivity contribution is 7.97. The van der Waals surface area contributed by atoms with Gasteiger partial charge in [-0.25, -0.2) is 4.79 Å². The third-order valence-electron chi connectivity index (χ3n) is 2.84. The van der Waals surface area contributed by atoms with E-state index in [4.69, 9.17) is 4.74 Å². The van der Waals surface area contributed by atoms with Gasteiger partial charge in [0.05, 0.1) is 7.11 Å². The lowest BCUT2D eigenvalue weighted by Gasteiger charge is -2.16. The highest BCUT2D eigenvalue weighted by atomic mass is 32.2. The van der Waals surface area contributed by atoms with E-state index in [-0.39, 0.29) is 0 Å². The molecule has 0 aromatic heterocycles. The monoisotopic (exact) mass is 316 g/mol. The van der Waals surface area contributed by atoms with E-state index in [1.165, 1.54) is 16.3 Å². The molecular formula is C16H16N2O3S. The zero-order chi connectivity index (χ0) is 15.9. The van der Waals surface area contributed by atoms with Crippen LogP contribution in [0.1, 0.15) is 10.4 Å². The van der Waals surface area contributed by atoms with Gasteiger partial charge < -0.3 is 4.74 Å². The fourth-order valence-corrected chi connectivity index (χ4v) is 2.39.